The molecule has 4 heteroatoms. The zero-order valence-electron chi connectivity index (χ0n) is 14.1. The van der Waals surface area contributed by atoms with E-state index in [2.05, 4.69) is 0 Å². The summed E-state index contributed by atoms with van der Waals surface area (Å²) < 4.78 is 12.9. The number of hydrogen-bond donors (Lipinski definition) is 1. The Balaban J connectivity index is 1.48. The molecule has 0 saturated carbocycles. The highest BCUT2D eigenvalue weighted by molar-refractivity contribution is 5.78. The van der Waals surface area contributed by atoms with Crippen LogP contribution in [0.1, 0.15) is 36.3 Å². The van der Waals surface area contributed by atoms with Gasteiger partial charge < -0.3 is 10.0 Å². The van der Waals surface area contributed by atoms with Gasteiger partial charge in [-0.05, 0) is 54.2 Å². The van der Waals surface area contributed by atoms with Gasteiger partial charge in [0.05, 0.1) is 0 Å². The number of carbonyl (C=O) groups excluding carboxylic acids is 1. The minimum atomic E-state index is -0.260. The lowest BCUT2D eigenvalue weighted by atomic mass is 9.89. The molecule has 1 amide bonds. The van der Waals surface area contributed by atoms with Gasteiger partial charge in [0, 0.05) is 19.5 Å². The number of nitrogens with zero attached hydrogens (tertiary/aromatic N) is 1. The first-order valence-corrected chi connectivity index (χ1v) is 8.60. The summed E-state index contributed by atoms with van der Waals surface area (Å²) in [6, 6.07) is 13.6. The van der Waals surface area contributed by atoms with Crippen molar-refractivity contribution in [3.05, 3.63) is 71.6 Å². The first kappa shape index (κ1) is 17.2. The van der Waals surface area contributed by atoms with Crippen LogP contribution >= 0.6 is 0 Å². The summed E-state index contributed by atoms with van der Waals surface area (Å²) in [7, 11) is 0. The van der Waals surface area contributed by atoms with Gasteiger partial charge in [0.2, 0.25) is 5.91 Å². The van der Waals surface area contributed by atoms with Gasteiger partial charge in [-0.3, -0.25) is 4.79 Å². The average molecular weight is 339 g/mol. The maximum absolute atomic E-state index is 12.9. The smallest absolute Gasteiger partial charge is 0.226 e. The fraction of sp³-hybridized carbons (Fsp3) is 0.286. The summed E-state index contributed by atoms with van der Waals surface area (Å²) in [5.41, 5.74) is 2.11. The molecule has 0 spiro atoms. The lowest BCUT2D eigenvalue weighted by Gasteiger charge is -2.32. The maximum atomic E-state index is 12.9. The van der Waals surface area contributed by atoms with E-state index >= 15 is 0 Å². The zero-order chi connectivity index (χ0) is 17.6. The molecule has 1 fully saturated rings. The number of phenols is 1. The molecule has 0 unspecified atom stereocenters. The van der Waals surface area contributed by atoms with Crippen molar-refractivity contribution in [2.24, 2.45) is 0 Å². The van der Waals surface area contributed by atoms with E-state index in [-0.39, 0.29) is 17.5 Å². The lowest BCUT2D eigenvalue weighted by molar-refractivity contribution is -0.131. The number of amides is 1. The predicted molar refractivity (Wildman–Crippen MR) is 96.7 cm³/mol. The summed E-state index contributed by atoms with van der Waals surface area (Å²) in [6.07, 6.45) is 5.93. The van der Waals surface area contributed by atoms with E-state index in [9.17, 15) is 14.3 Å². The Morgan fingerprint density at radius 3 is 2.36 bits per heavy atom. The van der Waals surface area contributed by atoms with Crippen LogP contribution in [-0.2, 0) is 4.79 Å². The standard InChI is InChI=1S/C21H22FNO2/c22-19-8-4-16(5-9-19)2-1-3-21(25)23-14-12-18(13-15-23)17-6-10-20(24)11-7-17/h1-2,4-11,18,24H,3,12-15H2. The van der Waals surface area contributed by atoms with Crippen molar-refractivity contribution in [3.8, 4) is 5.75 Å². The van der Waals surface area contributed by atoms with Crippen molar-refractivity contribution in [3.63, 3.8) is 0 Å². The average Bonchev–Trinajstić information content (AvgIpc) is 2.64. The molecular formula is C21H22FNO2. The van der Waals surface area contributed by atoms with Gasteiger partial charge in [0.15, 0.2) is 0 Å². The number of halogens is 1. The van der Waals surface area contributed by atoms with Crippen molar-refractivity contribution < 1.29 is 14.3 Å². The van der Waals surface area contributed by atoms with Crippen molar-refractivity contribution in [2.45, 2.75) is 25.2 Å². The number of likely N-dealkylation sites (tertiary alicyclic amines) is 1. The van der Waals surface area contributed by atoms with E-state index in [0.717, 1.165) is 31.5 Å². The topological polar surface area (TPSA) is 40.5 Å². The van der Waals surface area contributed by atoms with Crippen molar-refractivity contribution >= 4 is 12.0 Å². The number of phenolic OH excluding ortho intramolecular Hbond substituents is 1. The number of piperidine rings is 1. The molecule has 1 aliphatic heterocycles. The quantitative estimate of drug-likeness (QED) is 0.900. The van der Waals surface area contributed by atoms with Crippen LogP contribution in [0.3, 0.4) is 0 Å². The molecule has 25 heavy (non-hydrogen) atoms. The van der Waals surface area contributed by atoms with Crippen molar-refractivity contribution in [1.29, 1.82) is 0 Å². The molecule has 1 N–H and O–H groups in total. The van der Waals surface area contributed by atoms with Crippen LogP contribution in [0.2, 0.25) is 0 Å². The van der Waals surface area contributed by atoms with Crippen molar-refractivity contribution in [1.82, 2.24) is 4.90 Å². The van der Waals surface area contributed by atoms with Gasteiger partial charge in [-0.1, -0.05) is 36.4 Å². The monoisotopic (exact) mass is 339 g/mol. The molecule has 1 aliphatic rings. The molecule has 0 aliphatic carbocycles. The first-order valence-electron chi connectivity index (χ1n) is 8.60. The second-order valence-corrected chi connectivity index (χ2v) is 6.40. The van der Waals surface area contributed by atoms with Crippen LogP contribution in [-0.4, -0.2) is 29.0 Å². The molecule has 0 aromatic heterocycles. The minimum Gasteiger partial charge on any atom is -0.508 e. The van der Waals surface area contributed by atoms with E-state index < -0.39 is 0 Å². The highest BCUT2D eigenvalue weighted by atomic mass is 19.1. The van der Waals surface area contributed by atoms with Crippen LogP contribution < -0.4 is 0 Å². The van der Waals surface area contributed by atoms with Gasteiger partial charge in [-0.25, -0.2) is 4.39 Å². The van der Waals surface area contributed by atoms with E-state index in [1.807, 2.05) is 29.2 Å². The first-order chi connectivity index (χ1) is 12.1. The SMILES string of the molecule is O=C(CC=Cc1ccc(F)cc1)N1CCC(c2ccc(O)cc2)CC1. The summed E-state index contributed by atoms with van der Waals surface area (Å²) in [6.45, 7) is 1.52. The fourth-order valence-corrected chi connectivity index (χ4v) is 3.21. The van der Waals surface area contributed by atoms with Gasteiger partial charge in [-0.2, -0.15) is 0 Å². The molecule has 2 aromatic rings. The molecule has 3 rings (SSSR count). The molecule has 130 valence electrons. The molecule has 2 aromatic carbocycles. The maximum Gasteiger partial charge on any atom is 0.226 e. The van der Waals surface area contributed by atoms with E-state index in [1.54, 1.807) is 24.3 Å². The molecule has 1 heterocycles. The third-order valence-corrected chi connectivity index (χ3v) is 4.68. The summed E-state index contributed by atoms with van der Waals surface area (Å²) >= 11 is 0. The third kappa shape index (κ3) is 4.69. The molecule has 3 nitrogen and oxygen atoms in total. The Kier molecular flexibility index (Phi) is 5.49. The highest BCUT2D eigenvalue weighted by Gasteiger charge is 2.23. The Labute approximate surface area is 147 Å². The lowest BCUT2D eigenvalue weighted by Crippen LogP contribution is -2.37. The number of hydrogen-bond acceptors (Lipinski definition) is 2. The number of aromatic hydroxyl groups is 1. The molecule has 0 atom stereocenters. The summed E-state index contributed by atoms with van der Waals surface area (Å²) in [5, 5.41) is 9.37. The fourth-order valence-electron chi connectivity index (χ4n) is 3.21. The van der Waals surface area contributed by atoms with Crippen LogP contribution in [0.25, 0.3) is 6.08 Å². The number of carbonyl (C=O) groups is 1. The Morgan fingerprint density at radius 1 is 1.08 bits per heavy atom. The largest absolute Gasteiger partial charge is 0.508 e. The second kappa shape index (κ2) is 7.97. The van der Waals surface area contributed by atoms with Gasteiger partial charge in [-0.15, -0.1) is 0 Å². The summed E-state index contributed by atoms with van der Waals surface area (Å²) in [4.78, 5) is 14.2. The molecular weight excluding hydrogens is 317 g/mol. The van der Waals surface area contributed by atoms with Gasteiger partial charge in [0.1, 0.15) is 11.6 Å². The van der Waals surface area contributed by atoms with Gasteiger partial charge in [0.25, 0.3) is 0 Å². The van der Waals surface area contributed by atoms with Gasteiger partial charge >= 0.3 is 0 Å². The molecule has 1 saturated heterocycles. The Bertz CT molecular complexity index is 729. The highest BCUT2D eigenvalue weighted by Crippen LogP contribution is 2.29. The van der Waals surface area contributed by atoms with Crippen LogP contribution in [0.15, 0.2) is 54.6 Å². The summed E-state index contributed by atoms with van der Waals surface area (Å²) in [5.74, 6) is 0.593. The normalized spacial score (nSPS) is 15.6. The minimum absolute atomic E-state index is 0.127. The zero-order valence-corrected chi connectivity index (χ0v) is 14.1. The van der Waals surface area contributed by atoms with Crippen LogP contribution in [0.4, 0.5) is 4.39 Å². The van der Waals surface area contributed by atoms with E-state index in [4.69, 9.17) is 0 Å². The van der Waals surface area contributed by atoms with Crippen LogP contribution in [0.5, 0.6) is 5.75 Å². The van der Waals surface area contributed by atoms with Crippen LogP contribution in [0, 0.1) is 5.82 Å². The van der Waals surface area contributed by atoms with Crippen molar-refractivity contribution in [2.75, 3.05) is 13.1 Å². The molecule has 0 bridgehead atoms. The predicted octanol–water partition coefficient (Wildman–Crippen LogP) is 4.34. The number of rotatable bonds is 4. The Morgan fingerprint density at radius 2 is 1.72 bits per heavy atom. The third-order valence-electron chi connectivity index (χ3n) is 4.68. The Hall–Kier alpha value is -2.62. The second-order valence-electron chi connectivity index (χ2n) is 6.40. The number of benzene rings is 2. The van der Waals surface area contributed by atoms with E-state index in [1.165, 1.54) is 17.7 Å². The molecule has 0 radical (unpaired) electrons. The van der Waals surface area contributed by atoms with E-state index in [0.29, 0.717) is 12.3 Å².